The number of aryl methyl sites for hydroxylation is 2. The van der Waals surface area contributed by atoms with E-state index in [9.17, 15) is 4.79 Å². The minimum absolute atomic E-state index is 0.211. The first kappa shape index (κ1) is 20.5. The Labute approximate surface area is 170 Å². The van der Waals surface area contributed by atoms with Crippen LogP contribution in [0.2, 0.25) is 0 Å². The first-order valence-electron chi connectivity index (χ1n) is 9.83. The van der Waals surface area contributed by atoms with Crippen LogP contribution in [0.5, 0.6) is 0 Å². The number of nitrogens with one attached hydrogen (secondary N) is 2. The standard InChI is InChI=1S/C19H31N5OS2/c1-13-14(2)27-17(22-13)12-21-19(20-3)23-16-6-4-15(5-7-16)18(25)24-8-10-26-11-9-24/h15-16H,4-12H2,1-3H3,(H2,20,21,23). The van der Waals surface area contributed by atoms with E-state index in [1.807, 2.05) is 18.7 Å². The van der Waals surface area contributed by atoms with Crippen LogP contribution in [0, 0.1) is 19.8 Å². The molecular formula is C19H31N5OS2. The molecule has 0 atom stereocenters. The van der Waals surface area contributed by atoms with Crippen LogP contribution < -0.4 is 10.6 Å². The molecule has 1 amide bonds. The lowest BCUT2D eigenvalue weighted by Crippen LogP contribution is -2.47. The van der Waals surface area contributed by atoms with E-state index in [1.54, 1.807) is 18.4 Å². The lowest BCUT2D eigenvalue weighted by molar-refractivity contribution is -0.136. The van der Waals surface area contributed by atoms with E-state index in [0.29, 0.717) is 18.5 Å². The van der Waals surface area contributed by atoms with Crippen LogP contribution >= 0.6 is 23.1 Å². The number of hydrogen-bond donors (Lipinski definition) is 2. The molecule has 0 aromatic carbocycles. The van der Waals surface area contributed by atoms with Gasteiger partial charge in [0.25, 0.3) is 0 Å². The number of rotatable bonds is 4. The molecule has 1 aliphatic carbocycles. The molecular weight excluding hydrogens is 378 g/mol. The zero-order valence-corrected chi connectivity index (χ0v) is 18.2. The van der Waals surface area contributed by atoms with Crippen LogP contribution in [0.25, 0.3) is 0 Å². The summed E-state index contributed by atoms with van der Waals surface area (Å²) in [6.45, 7) is 6.69. The molecule has 0 radical (unpaired) electrons. The van der Waals surface area contributed by atoms with Crippen molar-refractivity contribution in [3.8, 4) is 0 Å². The Bertz CT molecular complexity index is 642. The number of amides is 1. The molecule has 0 bridgehead atoms. The van der Waals surface area contributed by atoms with Crippen molar-refractivity contribution in [3.63, 3.8) is 0 Å². The number of carbonyl (C=O) groups is 1. The highest BCUT2D eigenvalue weighted by molar-refractivity contribution is 7.99. The van der Waals surface area contributed by atoms with Gasteiger partial charge in [0, 0.05) is 48.5 Å². The summed E-state index contributed by atoms with van der Waals surface area (Å²) in [5, 5.41) is 7.98. The molecule has 6 nitrogen and oxygen atoms in total. The molecule has 1 aromatic rings. The minimum atomic E-state index is 0.211. The fraction of sp³-hybridized carbons (Fsp3) is 0.737. The lowest BCUT2D eigenvalue weighted by Gasteiger charge is -2.34. The van der Waals surface area contributed by atoms with Gasteiger partial charge in [0.05, 0.1) is 12.2 Å². The van der Waals surface area contributed by atoms with Gasteiger partial charge in [0.1, 0.15) is 5.01 Å². The largest absolute Gasteiger partial charge is 0.354 e. The van der Waals surface area contributed by atoms with Gasteiger partial charge in [-0.15, -0.1) is 11.3 Å². The van der Waals surface area contributed by atoms with Gasteiger partial charge in [-0.3, -0.25) is 9.79 Å². The molecule has 2 aliphatic rings. The third-order valence-electron chi connectivity index (χ3n) is 5.44. The lowest BCUT2D eigenvalue weighted by atomic mass is 9.85. The van der Waals surface area contributed by atoms with Crippen LogP contribution in [0.1, 0.15) is 41.3 Å². The Morgan fingerprint density at radius 3 is 2.52 bits per heavy atom. The number of hydrogen-bond acceptors (Lipinski definition) is 5. The fourth-order valence-electron chi connectivity index (χ4n) is 3.69. The summed E-state index contributed by atoms with van der Waals surface area (Å²) in [6.07, 6.45) is 3.99. The van der Waals surface area contributed by atoms with Crippen molar-refractivity contribution in [2.75, 3.05) is 31.6 Å². The van der Waals surface area contributed by atoms with Crippen molar-refractivity contribution in [1.82, 2.24) is 20.5 Å². The summed E-state index contributed by atoms with van der Waals surface area (Å²) >= 11 is 3.68. The van der Waals surface area contributed by atoms with Gasteiger partial charge in [-0.05, 0) is 39.5 Å². The average molecular weight is 410 g/mol. The van der Waals surface area contributed by atoms with E-state index in [0.717, 1.165) is 66.9 Å². The third kappa shape index (κ3) is 5.60. The van der Waals surface area contributed by atoms with Gasteiger partial charge < -0.3 is 15.5 Å². The van der Waals surface area contributed by atoms with Crippen molar-refractivity contribution < 1.29 is 4.79 Å². The van der Waals surface area contributed by atoms with Gasteiger partial charge >= 0.3 is 0 Å². The highest BCUT2D eigenvalue weighted by atomic mass is 32.2. The smallest absolute Gasteiger partial charge is 0.225 e. The number of aliphatic imine (C=N–C) groups is 1. The summed E-state index contributed by atoms with van der Waals surface area (Å²) < 4.78 is 0. The quantitative estimate of drug-likeness (QED) is 0.591. The van der Waals surface area contributed by atoms with E-state index in [1.165, 1.54) is 4.88 Å². The maximum atomic E-state index is 12.7. The van der Waals surface area contributed by atoms with Gasteiger partial charge in [-0.1, -0.05) is 0 Å². The molecule has 2 heterocycles. The van der Waals surface area contributed by atoms with Crippen molar-refractivity contribution in [1.29, 1.82) is 0 Å². The number of carbonyl (C=O) groups excluding carboxylic acids is 1. The molecule has 1 aromatic heterocycles. The Morgan fingerprint density at radius 1 is 1.22 bits per heavy atom. The summed E-state index contributed by atoms with van der Waals surface area (Å²) in [5.74, 6) is 3.59. The molecule has 1 saturated carbocycles. The fourth-order valence-corrected chi connectivity index (χ4v) is 5.47. The molecule has 2 N–H and O–H groups in total. The second-order valence-corrected chi connectivity index (χ2v) is 9.82. The predicted molar refractivity (Wildman–Crippen MR) is 115 cm³/mol. The number of thioether (sulfide) groups is 1. The van der Waals surface area contributed by atoms with Crippen molar-refractivity contribution in [2.24, 2.45) is 10.9 Å². The summed E-state index contributed by atoms with van der Waals surface area (Å²) in [5.41, 5.74) is 1.11. The number of thiazole rings is 1. The Morgan fingerprint density at radius 2 is 1.93 bits per heavy atom. The van der Waals surface area contributed by atoms with Crippen LogP contribution in [0.15, 0.2) is 4.99 Å². The first-order valence-corrected chi connectivity index (χ1v) is 11.8. The second-order valence-electron chi connectivity index (χ2n) is 7.31. The van der Waals surface area contributed by atoms with Gasteiger partial charge in [0.2, 0.25) is 5.91 Å². The van der Waals surface area contributed by atoms with Crippen molar-refractivity contribution >= 4 is 35.0 Å². The van der Waals surface area contributed by atoms with E-state index >= 15 is 0 Å². The molecule has 1 aliphatic heterocycles. The van der Waals surface area contributed by atoms with E-state index < -0.39 is 0 Å². The Hall–Kier alpha value is -1.28. The SMILES string of the molecule is CN=C(NCc1nc(C)c(C)s1)NC1CCC(C(=O)N2CCSCC2)CC1. The highest BCUT2D eigenvalue weighted by Crippen LogP contribution is 2.27. The van der Waals surface area contributed by atoms with Crippen LogP contribution in [0.4, 0.5) is 0 Å². The normalized spacial score (nSPS) is 24.0. The first-order chi connectivity index (χ1) is 13.1. The van der Waals surface area contributed by atoms with E-state index in [4.69, 9.17) is 0 Å². The number of guanidine groups is 1. The zero-order chi connectivity index (χ0) is 19.2. The predicted octanol–water partition coefficient (Wildman–Crippen LogP) is 2.56. The summed E-state index contributed by atoms with van der Waals surface area (Å²) in [7, 11) is 1.80. The van der Waals surface area contributed by atoms with Gasteiger partial charge in [-0.2, -0.15) is 11.8 Å². The Balaban J connectivity index is 1.42. The maximum Gasteiger partial charge on any atom is 0.225 e. The highest BCUT2D eigenvalue weighted by Gasteiger charge is 2.30. The van der Waals surface area contributed by atoms with Crippen LogP contribution in [0.3, 0.4) is 0 Å². The average Bonchev–Trinajstić information content (AvgIpc) is 3.03. The third-order valence-corrected chi connectivity index (χ3v) is 7.46. The monoisotopic (exact) mass is 409 g/mol. The molecule has 2 fully saturated rings. The second kappa shape index (κ2) is 9.78. The maximum absolute atomic E-state index is 12.7. The van der Waals surface area contributed by atoms with Crippen LogP contribution in [-0.2, 0) is 11.3 Å². The van der Waals surface area contributed by atoms with E-state index in [-0.39, 0.29) is 5.92 Å². The van der Waals surface area contributed by atoms with Crippen LogP contribution in [-0.4, -0.2) is 59.4 Å². The Kier molecular flexibility index (Phi) is 7.41. The minimum Gasteiger partial charge on any atom is -0.354 e. The van der Waals surface area contributed by atoms with Crippen molar-refractivity contribution in [2.45, 2.75) is 52.1 Å². The molecule has 150 valence electrons. The summed E-state index contributed by atoms with van der Waals surface area (Å²) in [6, 6.07) is 0.386. The molecule has 0 spiro atoms. The topological polar surface area (TPSA) is 69.6 Å². The molecule has 27 heavy (non-hydrogen) atoms. The van der Waals surface area contributed by atoms with Gasteiger partial charge in [-0.25, -0.2) is 4.98 Å². The molecule has 0 unspecified atom stereocenters. The zero-order valence-electron chi connectivity index (χ0n) is 16.6. The number of nitrogens with zero attached hydrogens (tertiary/aromatic N) is 3. The van der Waals surface area contributed by atoms with E-state index in [2.05, 4.69) is 32.4 Å². The number of aromatic nitrogens is 1. The molecule has 3 rings (SSSR count). The van der Waals surface area contributed by atoms with Crippen molar-refractivity contribution in [3.05, 3.63) is 15.6 Å². The van der Waals surface area contributed by atoms with Gasteiger partial charge in [0.15, 0.2) is 5.96 Å². The summed E-state index contributed by atoms with van der Waals surface area (Å²) in [4.78, 5) is 24.9. The molecule has 8 heteroatoms. The molecule has 1 saturated heterocycles.